The van der Waals surface area contributed by atoms with Crippen molar-refractivity contribution in [1.29, 1.82) is 0 Å². The summed E-state index contributed by atoms with van der Waals surface area (Å²) >= 11 is 0. The van der Waals surface area contributed by atoms with Crippen molar-refractivity contribution in [3.05, 3.63) is 64.0 Å². The molecule has 0 fully saturated rings. The van der Waals surface area contributed by atoms with Crippen molar-refractivity contribution in [2.45, 2.75) is 6.92 Å². The molecule has 0 N–H and O–H groups in total. The van der Waals surface area contributed by atoms with Crippen LogP contribution in [-0.2, 0) is 0 Å². The average Bonchev–Trinajstić information content (AvgIpc) is 2.97. The number of rotatable bonds is 3. The molecule has 0 aliphatic carbocycles. The van der Waals surface area contributed by atoms with E-state index in [2.05, 4.69) is 10.2 Å². The lowest BCUT2D eigenvalue weighted by atomic mass is 10.1. The second kappa shape index (κ2) is 5.36. The minimum absolute atomic E-state index is 0.0244. The van der Waals surface area contributed by atoms with Crippen molar-refractivity contribution in [2.24, 2.45) is 0 Å². The van der Waals surface area contributed by atoms with Gasteiger partial charge in [-0.2, -0.15) is 0 Å². The Hall–Kier alpha value is -3.09. The van der Waals surface area contributed by atoms with Crippen LogP contribution < -0.4 is 0 Å². The van der Waals surface area contributed by atoms with E-state index in [4.69, 9.17) is 4.42 Å². The molecule has 6 nitrogen and oxygen atoms in total. The third kappa shape index (κ3) is 2.44. The first-order chi connectivity index (χ1) is 10.6. The molecule has 0 radical (unpaired) electrons. The van der Waals surface area contributed by atoms with Gasteiger partial charge in [0.15, 0.2) is 0 Å². The molecule has 0 spiro atoms. The molecular formula is C15H10FN3O3. The molecule has 7 heteroatoms. The Morgan fingerprint density at radius 2 is 1.86 bits per heavy atom. The molecular weight excluding hydrogens is 289 g/mol. The van der Waals surface area contributed by atoms with E-state index in [1.807, 2.05) is 0 Å². The van der Waals surface area contributed by atoms with E-state index in [9.17, 15) is 14.5 Å². The van der Waals surface area contributed by atoms with E-state index in [-0.39, 0.29) is 23.0 Å². The molecule has 0 bridgehead atoms. The maximum atomic E-state index is 13.7. The Balaban J connectivity index is 2.03. The molecule has 22 heavy (non-hydrogen) atoms. The number of nitro benzene ring substituents is 1. The van der Waals surface area contributed by atoms with Gasteiger partial charge in [0.1, 0.15) is 5.82 Å². The Morgan fingerprint density at radius 1 is 1.14 bits per heavy atom. The summed E-state index contributed by atoms with van der Waals surface area (Å²) in [6.45, 7) is 1.64. The van der Waals surface area contributed by atoms with Gasteiger partial charge >= 0.3 is 0 Å². The van der Waals surface area contributed by atoms with Crippen molar-refractivity contribution < 1.29 is 13.7 Å². The second-order valence-electron chi connectivity index (χ2n) is 4.65. The molecule has 110 valence electrons. The van der Waals surface area contributed by atoms with Gasteiger partial charge in [-0.15, -0.1) is 10.2 Å². The monoisotopic (exact) mass is 299 g/mol. The van der Waals surface area contributed by atoms with Crippen LogP contribution in [0.25, 0.3) is 22.9 Å². The van der Waals surface area contributed by atoms with E-state index in [1.54, 1.807) is 31.2 Å². The number of nitrogens with zero attached hydrogens (tertiary/aromatic N) is 3. The van der Waals surface area contributed by atoms with E-state index < -0.39 is 10.7 Å². The standard InChI is InChI=1S/C15H10FN3O3/c1-9-6-7-10(8-13(9)19(20)21)14-17-18-15(22-14)11-4-2-3-5-12(11)16/h2-8H,1H3. The SMILES string of the molecule is Cc1ccc(-c2nnc(-c3ccccc3F)o2)cc1[N+](=O)[O-]. The van der Waals surface area contributed by atoms with Crippen LogP contribution in [0.1, 0.15) is 5.56 Å². The Bertz CT molecular complexity index is 861. The molecule has 0 aliphatic heterocycles. The summed E-state index contributed by atoms with van der Waals surface area (Å²) < 4.78 is 19.1. The highest BCUT2D eigenvalue weighted by molar-refractivity contribution is 5.62. The summed E-state index contributed by atoms with van der Waals surface area (Å²) in [5, 5.41) is 18.6. The highest BCUT2D eigenvalue weighted by Gasteiger charge is 2.17. The van der Waals surface area contributed by atoms with Gasteiger partial charge in [0.2, 0.25) is 5.89 Å². The number of aromatic nitrogens is 2. The zero-order chi connectivity index (χ0) is 15.7. The lowest BCUT2D eigenvalue weighted by Gasteiger charge is -1.99. The van der Waals surface area contributed by atoms with Gasteiger partial charge in [-0.3, -0.25) is 10.1 Å². The average molecular weight is 299 g/mol. The highest BCUT2D eigenvalue weighted by atomic mass is 19.1. The van der Waals surface area contributed by atoms with Crippen LogP contribution in [-0.4, -0.2) is 15.1 Å². The smallest absolute Gasteiger partial charge is 0.273 e. The number of hydrogen-bond donors (Lipinski definition) is 0. The minimum atomic E-state index is -0.479. The quantitative estimate of drug-likeness (QED) is 0.543. The molecule has 0 saturated heterocycles. The molecule has 1 aromatic heterocycles. The topological polar surface area (TPSA) is 82.1 Å². The van der Waals surface area contributed by atoms with Crippen LogP contribution in [0.4, 0.5) is 10.1 Å². The minimum Gasteiger partial charge on any atom is -0.416 e. The first-order valence-corrected chi connectivity index (χ1v) is 6.40. The largest absolute Gasteiger partial charge is 0.416 e. The summed E-state index contributed by atoms with van der Waals surface area (Å²) in [6, 6.07) is 10.6. The van der Waals surface area contributed by atoms with Crippen LogP contribution in [0.15, 0.2) is 46.9 Å². The van der Waals surface area contributed by atoms with Gasteiger partial charge in [-0.05, 0) is 25.1 Å². The molecule has 0 saturated carbocycles. The number of aryl methyl sites for hydroxylation is 1. The van der Waals surface area contributed by atoms with Gasteiger partial charge in [-0.1, -0.05) is 18.2 Å². The summed E-state index contributed by atoms with van der Waals surface area (Å²) in [7, 11) is 0. The van der Waals surface area contributed by atoms with Gasteiger partial charge in [0.05, 0.1) is 10.5 Å². The van der Waals surface area contributed by atoms with Crippen molar-refractivity contribution in [3.63, 3.8) is 0 Å². The number of benzene rings is 2. The number of hydrogen-bond acceptors (Lipinski definition) is 5. The predicted molar refractivity (Wildman–Crippen MR) is 76.5 cm³/mol. The normalized spacial score (nSPS) is 10.6. The number of nitro groups is 1. The first kappa shape index (κ1) is 13.9. The third-order valence-electron chi connectivity index (χ3n) is 3.18. The highest BCUT2D eigenvalue weighted by Crippen LogP contribution is 2.29. The Morgan fingerprint density at radius 3 is 2.59 bits per heavy atom. The van der Waals surface area contributed by atoms with Crippen molar-refractivity contribution in [1.82, 2.24) is 10.2 Å². The summed E-state index contributed by atoms with van der Waals surface area (Å²) in [5.41, 5.74) is 1.08. The van der Waals surface area contributed by atoms with Crippen molar-refractivity contribution in [2.75, 3.05) is 0 Å². The van der Waals surface area contributed by atoms with Gasteiger partial charge in [-0.25, -0.2) is 4.39 Å². The zero-order valence-electron chi connectivity index (χ0n) is 11.5. The van der Waals surface area contributed by atoms with Gasteiger partial charge in [0, 0.05) is 17.2 Å². The van der Waals surface area contributed by atoms with E-state index in [0.29, 0.717) is 11.1 Å². The fraction of sp³-hybridized carbons (Fsp3) is 0.0667. The molecule has 3 aromatic rings. The molecule has 1 heterocycles. The van der Waals surface area contributed by atoms with E-state index in [1.165, 1.54) is 18.2 Å². The predicted octanol–water partition coefficient (Wildman–Crippen LogP) is 3.76. The molecule has 2 aromatic carbocycles. The maximum Gasteiger partial charge on any atom is 0.273 e. The summed E-state index contributed by atoms with van der Waals surface area (Å²) in [4.78, 5) is 10.5. The van der Waals surface area contributed by atoms with Gasteiger partial charge in [0.25, 0.3) is 11.6 Å². The van der Waals surface area contributed by atoms with Gasteiger partial charge < -0.3 is 4.42 Å². The van der Waals surface area contributed by atoms with E-state index in [0.717, 1.165) is 0 Å². The Labute approximate surface area is 124 Å². The molecule has 3 rings (SSSR count). The molecule has 0 amide bonds. The summed E-state index contributed by atoms with van der Waals surface area (Å²) in [5.74, 6) is -0.356. The van der Waals surface area contributed by atoms with E-state index >= 15 is 0 Å². The number of halogens is 1. The van der Waals surface area contributed by atoms with Crippen LogP contribution >= 0.6 is 0 Å². The molecule has 0 aliphatic rings. The fourth-order valence-corrected chi connectivity index (χ4v) is 2.02. The van der Waals surface area contributed by atoms with Crippen LogP contribution in [0.5, 0.6) is 0 Å². The van der Waals surface area contributed by atoms with Crippen LogP contribution in [0.2, 0.25) is 0 Å². The zero-order valence-corrected chi connectivity index (χ0v) is 11.5. The first-order valence-electron chi connectivity index (χ1n) is 6.40. The lowest BCUT2D eigenvalue weighted by molar-refractivity contribution is -0.385. The Kier molecular flexibility index (Phi) is 3.38. The van der Waals surface area contributed by atoms with Crippen LogP contribution in [0, 0.1) is 22.9 Å². The third-order valence-corrected chi connectivity index (χ3v) is 3.18. The second-order valence-corrected chi connectivity index (χ2v) is 4.65. The summed E-state index contributed by atoms with van der Waals surface area (Å²) in [6.07, 6.45) is 0. The maximum absolute atomic E-state index is 13.7. The van der Waals surface area contributed by atoms with Crippen molar-refractivity contribution in [3.8, 4) is 22.9 Å². The fourth-order valence-electron chi connectivity index (χ4n) is 2.02. The lowest BCUT2D eigenvalue weighted by Crippen LogP contribution is -1.92. The molecule has 0 unspecified atom stereocenters. The molecule has 0 atom stereocenters. The van der Waals surface area contributed by atoms with Crippen molar-refractivity contribution >= 4 is 5.69 Å². The van der Waals surface area contributed by atoms with Crippen LogP contribution in [0.3, 0.4) is 0 Å².